The summed E-state index contributed by atoms with van der Waals surface area (Å²) >= 11 is 0. The van der Waals surface area contributed by atoms with Crippen molar-refractivity contribution in [3.63, 3.8) is 0 Å². The maximum Gasteiger partial charge on any atom is 0.137 e. The van der Waals surface area contributed by atoms with Crippen LogP contribution >= 0.6 is 0 Å². The van der Waals surface area contributed by atoms with E-state index in [0.717, 1.165) is 29.3 Å². The Morgan fingerprint density at radius 2 is 2.24 bits per heavy atom. The van der Waals surface area contributed by atoms with Crippen LogP contribution in [-0.2, 0) is 6.54 Å². The Morgan fingerprint density at radius 3 is 2.88 bits per heavy atom. The van der Waals surface area contributed by atoms with Crippen molar-refractivity contribution in [1.29, 1.82) is 0 Å². The van der Waals surface area contributed by atoms with E-state index >= 15 is 0 Å². The Hall–Kier alpha value is -2.04. The number of hydrogen-bond donors (Lipinski definition) is 1. The normalized spacial score (nSPS) is 10.3. The predicted molar refractivity (Wildman–Crippen MR) is 67.1 cm³/mol. The molecule has 2 aromatic heterocycles. The topological polar surface area (TPSA) is 54.2 Å². The number of aromatic nitrogens is 2. The summed E-state index contributed by atoms with van der Waals surface area (Å²) in [6.45, 7) is 2.77. The number of rotatable bonds is 4. The highest BCUT2D eigenvalue weighted by Gasteiger charge is 2.10. The summed E-state index contributed by atoms with van der Waals surface area (Å²) in [5.74, 6) is 1.78. The summed E-state index contributed by atoms with van der Waals surface area (Å²) in [7, 11) is 3.86. The minimum Gasteiger partial charge on any atom is -0.472 e. The van der Waals surface area contributed by atoms with Gasteiger partial charge in [-0.2, -0.15) is 0 Å². The van der Waals surface area contributed by atoms with Gasteiger partial charge in [0.25, 0.3) is 0 Å². The monoisotopic (exact) mass is 232 g/mol. The van der Waals surface area contributed by atoms with Crippen LogP contribution in [0.2, 0.25) is 0 Å². The molecule has 0 bridgehead atoms. The van der Waals surface area contributed by atoms with Crippen molar-refractivity contribution >= 4 is 11.6 Å². The predicted octanol–water partition coefficient (Wildman–Crippen LogP) is 2.06. The van der Waals surface area contributed by atoms with Gasteiger partial charge < -0.3 is 14.6 Å². The molecule has 1 N–H and O–H groups in total. The van der Waals surface area contributed by atoms with Gasteiger partial charge in [-0.05, 0) is 13.0 Å². The zero-order valence-electron chi connectivity index (χ0n) is 10.3. The summed E-state index contributed by atoms with van der Waals surface area (Å²) in [6.07, 6.45) is 4.99. The van der Waals surface area contributed by atoms with Crippen molar-refractivity contribution in [1.82, 2.24) is 9.97 Å². The second-order valence-electron chi connectivity index (χ2n) is 3.91. The molecule has 0 saturated carbocycles. The van der Waals surface area contributed by atoms with E-state index in [4.69, 9.17) is 4.42 Å². The van der Waals surface area contributed by atoms with Crippen LogP contribution in [0.5, 0.6) is 0 Å². The molecule has 2 rings (SSSR count). The van der Waals surface area contributed by atoms with Crippen LogP contribution in [-0.4, -0.2) is 24.1 Å². The van der Waals surface area contributed by atoms with Crippen molar-refractivity contribution in [2.24, 2.45) is 0 Å². The van der Waals surface area contributed by atoms with E-state index in [1.54, 1.807) is 18.9 Å². The highest BCUT2D eigenvalue weighted by molar-refractivity contribution is 5.57. The van der Waals surface area contributed by atoms with Gasteiger partial charge in [0.05, 0.1) is 12.5 Å². The van der Waals surface area contributed by atoms with Gasteiger partial charge in [-0.3, -0.25) is 0 Å². The van der Waals surface area contributed by atoms with E-state index in [9.17, 15) is 0 Å². The number of nitrogens with one attached hydrogen (secondary N) is 1. The zero-order valence-corrected chi connectivity index (χ0v) is 10.3. The number of hydrogen-bond acceptors (Lipinski definition) is 5. The molecule has 5 heteroatoms. The average molecular weight is 232 g/mol. The van der Waals surface area contributed by atoms with Gasteiger partial charge in [0.1, 0.15) is 18.0 Å². The van der Waals surface area contributed by atoms with Gasteiger partial charge >= 0.3 is 0 Å². The third-order valence-corrected chi connectivity index (χ3v) is 2.66. The largest absolute Gasteiger partial charge is 0.472 e. The van der Waals surface area contributed by atoms with Crippen molar-refractivity contribution in [2.75, 3.05) is 24.3 Å². The standard InChI is InChI=1S/C12H16N4O/c1-9-11(13-2)14-8-15-12(9)16(3)6-10-4-5-17-7-10/h4-5,7-8H,6H2,1-3H3,(H,13,14,15). The molecule has 2 heterocycles. The van der Waals surface area contributed by atoms with Crippen LogP contribution in [0.1, 0.15) is 11.1 Å². The molecular weight excluding hydrogens is 216 g/mol. The molecule has 0 saturated heterocycles. The number of furan rings is 1. The quantitative estimate of drug-likeness (QED) is 0.874. The highest BCUT2D eigenvalue weighted by atomic mass is 16.3. The van der Waals surface area contributed by atoms with Crippen LogP contribution in [0.25, 0.3) is 0 Å². The third kappa shape index (κ3) is 2.38. The fourth-order valence-electron chi connectivity index (χ4n) is 1.81. The molecule has 0 aliphatic heterocycles. The van der Waals surface area contributed by atoms with E-state index < -0.39 is 0 Å². The molecular formula is C12H16N4O. The summed E-state index contributed by atoms with van der Waals surface area (Å²) in [5, 5.41) is 3.05. The van der Waals surface area contributed by atoms with E-state index in [2.05, 4.69) is 20.2 Å². The third-order valence-electron chi connectivity index (χ3n) is 2.66. The Kier molecular flexibility index (Phi) is 3.27. The van der Waals surface area contributed by atoms with Crippen molar-refractivity contribution in [2.45, 2.75) is 13.5 Å². The molecule has 0 fully saturated rings. The zero-order chi connectivity index (χ0) is 12.3. The molecule has 0 radical (unpaired) electrons. The minimum atomic E-state index is 0.761. The first-order valence-corrected chi connectivity index (χ1v) is 5.44. The first-order valence-electron chi connectivity index (χ1n) is 5.44. The molecule has 0 aliphatic carbocycles. The van der Waals surface area contributed by atoms with Gasteiger partial charge in [-0.15, -0.1) is 0 Å². The molecule has 2 aromatic rings. The summed E-state index contributed by atoms with van der Waals surface area (Å²) in [6, 6.07) is 1.95. The first-order chi connectivity index (χ1) is 8.22. The van der Waals surface area contributed by atoms with Gasteiger partial charge in [0.15, 0.2) is 0 Å². The molecule has 0 amide bonds. The van der Waals surface area contributed by atoms with Crippen LogP contribution in [0.4, 0.5) is 11.6 Å². The number of nitrogens with zero attached hydrogens (tertiary/aromatic N) is 3. The molecule has 90 valence electrons. The fourth-order valence-corrected chi connectivity index (χ4v) is 1.81. The van der Waals surface area contributed by atoms with E-state index in [1.807, 2.05) is 27.1 Å². The lowest BCUT2D eigenvalue weighted by Gasteiger charge is -2.20. The second-order valence-corrected chi connectivity index (χ2v) is 3.91. The highest BCUT2D eigenvalue weighted by Crippen LogP contribution is 2.22. The Bertz CT molecular complexity index is 481. The van der Waals surface area contributed by atoms with E-state index in [1.165, 1.54) is 0 Å². The smallest absolute Gasteiger partial charge is 0.137 e. The van der Waals surface area contributed by atoms with Gasteiger partial charge in [-0.1, -0.05) is 0 Å². The SMILES string of the molecule is CNc1ncnc(N(C)Cc2ccoc2)c1C. The summed E-state index contributed by atoms with van der Waals surface area (Å²) in [5.41, 5.74) is 2.16. The molecule has 0 atom stereocenters. The number of anilines is 2. The maximum absolute atomic E-state index is 5.05. The van der Waals surface area contributed by atoms with Gasteiger partial charge in [0, 0.05) is 31.8 Å². The second kappa shape index (κ2) is 4.86. The molecule has 5 nitrogen and oxygen atoms in total. The van der Waals surface area contributed by atoms with Crippen molar-refractivity contribution < 1.29 is 4.42 Å². The average Bonchev–Trinajstić information content (AvgIpc) is 2.82. The Labute approximate surface area is 100 Å². The van der Waals surface area contributed by atoms with Crippen LogP contribution < -0.4 is 10.2 Å². The molecule has 17 heavy (non-hydrogen) atoms. The van der Waals surface area contributed by atoms with E-state index in [0.29, 0.717) is 0 Å². The van der Waals surface area contributed by atoms with Crippen LogP contribution in [0.15, 0.2) is 29.3 Å². The lowest BCUT2D eigenvalue weighted by Crippen LogP contribution is -2.19. The molecule has 0 unspecified atom stereocenters. The minimum absolute atomic E-state index is 0.761. The van der Waals surface area contributed by atoms with Crippen LogP contribution in [0, 0.1) is 6.92 Å². The Morgan fingerprint density at radius 1 is 1.41 bits per heavy atom. The van der Waals surface area contributed by atoms with E-state index in [-0.39, 0.29) is 0 Å². The fraction of sp³-hybridized carbons (Fsp3) is 0.333. The van der Waals surface area contributed by atoms with Crippen molar-refractivity contribution in [3.8, 4) is 0 Å². The van der Waals surface area contributed by atoms with Gasteiger partial charge in [0.2, 0.25) is 0 Å². The van der Waals surface area contributed by atoms with Gasteiger partial charge in [-0.25, -0.2) is 9.97 Å². The lowest BCUT2D eigenvalue weighted by atomic mass is 10.2. The van der Waals surface area contributed by atoms with Crippen LogP contribution in [0.3, 0.4) is 0 Å². The first kappa shape index (κ1) is 11.4. The summed E-state index contributed by atoms with van der Waals surface area (Å²) in [4.78, 5) is 10.6. The Balaban J connectivity index is 2.22. The lowest BCUT2D eigenvalue weighted by molar-refractivity contribution is 0.563. The van der Waals surface area contributed by atoms with Crippen molar-refractivity contribution in [3.05, 3.63) is 36.0 Å². The maximum atomic E-state index is 5.05. The molecule has 0 aromatic carbocycles. The molecule has 0 spiro atoms. The summed E-state index contributed by atoms with van der Waals surface area (Å²) < 4.78 is 5.05. The molecule has 0 aliphatic rings.